The molecule has 0 radical (unpaired) electrons. The molecule has 2 aromatic rings. The van der Waals surface area contributed by atoms with Crippen molar-refractivity contribution in [2.75, 3.05) is 5.75 Å². The molecule has 0 saturated carbocycles. The number of thioether (sulfide) groups is 1. The highest BCUT2D eigenvalue weighted by Crippen LogP contribution is 2.13. The first-order valence-electron chi connectivity index (χ1n) is 5.55. The van der Waals surface area contributed by atoms with Crippen molar-refractivity contribution in [2.24, 2.45) is 0 Å². The minimum Gasteiger partial charge on any atom is -0.481 e. The first-order chi connectivity index (χ1) is 9.16. The monoisotopic (exact) mass is 280 g/mol. The maximum Gasteiger partial charge on any atom is 0.343 e. The molecule has 2 heterocycles. The Bertz CT molecular complexity index is 608. The number of carbonyl (C=O) groups is 1. The lowest BCUT2D eigenvalue weighted by atomic mass is 10.2. The van der Waals surface area contributed by atoms with Gasteiger partial charge in [0.25, 0.3) is 0 Å². The van der Waals surface area contributed by atoms with E-state index in [4.69, 9.17) is 5.11 Å². The zero-order chi connectivity index (χ0) is 13.7. The largest absolute Gasteiger partial charge is 0.481 e. The first-order valence-corrected chi connectivity index (χ1v) is 6.54. The maximum absolute atomic E-state index is 11.6. The second kappa shape index (κ2) is 6.19. The molecule has 0 bridgehead atoms. The summed E-state index contributed by atoms with van der Waals surface area (Å²) in [5.74, 6) is -1.07. The van der Waals surface area contributed by atoms with Gasteiger partial charge in [-0.15, -0.1) is 5.10 Å². The lowest BCUT2D eigenvalue weighted by Crippen LogP contribution is -2.19. The van der Waals surface area contributed by atoms with Gasteiger partial charge < -0.3 is 5.11 Å². The summed E-state index contributed by atoms with van der Waals surface area (Å²) < 4.78 is 1.43. The number of carboxylic acid groups (broad SMARTS) is 1. The molecule has 0 saturated heterocycles. The highest BCUT2D eigenvalue weighted by Gasteiger charge is 2.10. The third kappa shape index (κ3) is 3.68. The van der Waals surface area contributed by atoms with Gasteiger partial charge in [-0.05, 0) is 18.1 Å². The van der Waals surface area contributed by atoms with E-state index >= 15 is 0 Å². The number of H-pyrrole nitrogens is 1. The second-order valence-corrected chi connectivity index (χ2v) is 4.70. The number of aromatic nitrogens is 4. The Hall–Kier alpha value is -2.09. The van der Waals surface area contributed by atoms with Crippen LogP contribution in [-0.2, 0) is 17.8 Å². The number of carboxylic acids is 1. The van der Waals surface area contributed by atoms with Crippen molar-refractivity contribution in [3.8, 4) is 0 Å². The fourth-order valence-corrected chi connectivity index (χ4v) is 2.22. The summed E-state index contributed by atoms with van der Waals surface area (Å²) in [5, 5.41) is 15.1. The second-order valence-electron chi connectivity index (χ2n) is 3.76. The van der Waals surface area contributed by atoms with Gasteiger partial charge in [-0.3, -0.25) is 14.3 Å². The van der Waals surface area contributed by atoms with Gasteiger partial charge >= 0.3 is 11.7 Å². The van der Waals surface area contributed by atoms with Crippen molar-refractivity contribution < 1.29 is 9.90 Å². The van der Waals surface area contributed by atoms with Crippen LogP contribution in [0.3, 0.4) is 0 Å². The molecule has 0 amide bonds. The molecular formula is C11H12N4O3S. The molecule has 2 N–H and O–H groups in total. The van der Waals surface area contributed by atoms with Gasteiger partial charge in [0.15, 0.2) is 5.16 Å². The summed E-state index contributed by atoms with van der Waals surface area (Å²) in [6, 6.07) is 3.75. The summed E-state index contributed by atoms with van der Waals surface area (Å²) in [7, 11) is 0. The van der Waals surface area contributed by atoms with Crippen molar-refractivity contribution in [1.29, 1.82) is 0 Å². The SMILES string of the molecule is O=C(O)CSc1n[nH]c(=O)n1CCc1cccnc1. The highest BCUT2D eigenvalue weighted by atomic mass is 32.2. The van der Waals surface area contributed by atoms with Gasteiger partial charge in [-0.1, -0.05) is 17.8 Å². The predicted molar refractivity (Wildman–Crippen MR) is 69.1 cm³/mol. The molecule has 0 fully saturated rings. The molecular weight excluding hydrogens is 268 g/mol. The molecule has 8 heteroatoms. The molecule has 0 spiro atoms. The third-order valence-electron chi connectivity index (χ3n) is 2.39. The van der Waals surface area contributed by atoms with E-state index in [1.54, 1.807) is 12.4 Å². The van der Waals surface area contributed by atoms with Crippen LogP contribution >= 0.6 is 11.8 Å². The number of aromatic amines is 1. The molecule has 2 aromatic heterocycles. The fraction of sp³-hybridized carbons (Fsp3) is 0.273. The third-order valence-corrected chi connectivity index (χ3v) is 3.36. The van der Waals surface area contributed by atoms with E-state index in [1.165, 1.54) is 4.57 Å². The van der Waals surface area contributed by atoms with E-state index in [2.05, 4.69) is 15.2 Å². The molecule has 7 nitrogen and oxygen atoms in total. The number of aliphatic carboxylic acids is 1. The smallest absolute Gasteiger partial charge is 0.343 e. The van der Waals surface area contributed by atoms with Crippen LogP contribution in [0.2, 0.25) is 0 Å². The van der Waals surface area contributed by atoms with E-state index in [1.807, 2.05) is 12.1 Å². The number of nitrogens with one attached hydrogen (secondary N) is 1. The highest BCUT2D eigenvalue weighted by molar-refractivity contribution is 7.99. The Balaban J connectivity index is 2.05. The molecule has 0 aliphatic carbocycles. The number of nitrogens with zero attached hydrogens (tertiary/aromatic N) is 3. The van der Waals surface area contributed by atoms with Crippen molar-refractivity contribution >= 4 is 17.7 Å². The van der Waals surface area contributed by atoms with Crippen LogP contribution in [-0.4, -0.2) is 36.6 Å². The fourth-order valence-electron chi connectivity index (χ4n) is 1.52. The quantitative estimate of drug-likeness (QED) is 0.742. The number of pyridine rings is 1. The Labute approximate surface area is 112 Å². The molecule has 100 valence electrons. The molecule has 0 aliphatic rings. The Kier molecular flexibility index (Phi) is 4.35. The van der Waals surface area contributed by atoms with Gasteiger partial charge in [-0.2, -0.15) is 0 Å². The van der Waals surface area contributed by atoms with Crippen LogP contribution in [0.25, 0.3) is 0 Å². The summed E-state index contributed by atoms with van der Waals surface area (Å²) in [6.45, 7) is 0.434. The van der Waals surface area contributed by atoms with Crippen LogP contribution in [0.4, 0.5) is 0 Å². The van der Waals surface area contributed by atoms with Crippen LogP contribution in [0, 0.1) is 0 Å². The molecule has 0 unspecified atom stereocenters. The Morgan fingerprint density at radius 1 is 1.53 bits per heavy atom. The average molecular weight is 280 g/mol. The molecule has 2 rings (SSSR count). The van der Waals surface area contributed by atoms with E-state index in [-0.39, 0.29) is 11.4 Å². The lowest BCUT2D eigenvalue weighted by Gasteiger charge is -2.04. The van der Waals surface area contributed by atoms with Crippen molar-refractivity contribution in [1.82, 2.24) is 19.7 Å². The standard InChI is InChI=1S/C11H12N4O3S/c16-9(17)7-19-11-14-13-10(18)15(11)5-3-8-2-1-4-12-6-8/h1-2,4,6H,3,5,7H2,(H,13,18)(H,16,17). The lowest BCUT2D eigenvalue weighted by molar-refractivity contribution is -0.133. The molecule has 19 heavy (non-hydrogen) atoms. The van der Waals surface area contributed by atoms with Gasteiger partial charge in [0, 0.05) is 18.9 Å². The molecule has 0 atom stereocenters. The van der Waals surface area contributed by atoms with Crippen LogP contribution < -0.4 is 5.69 Å². The first kappa shape index (κ1) is 13.3. The summed E-state index contributed by atoms with van der Waals surface area (Å²) in [4.78, 5) is 26.1. The maximum atomic E-state index is 11.6. The van der Waals surface area contributed by atoms with Crippen LogP contribution in [0.1, 0.15) is 5.56 Å². The van der Waals surface area contributed by atoms with Gasteiger partial charge in [0.2, 0.25) is 0 Å². The number of rotatable bonds is 6. The Morgan fingerprint density at radius 2 is 2.37 bits per heavy atom. The van der Waals surface area contributed by atoms with Gasteiger partial charge in [0.1, 0.15) is 0 Å². The van der Waals surface area contributed by atoms with Crippen LogP contribution in [0.5, 0.6) is 0 Å². The Morgan fingerprint density at radius 3 is 3.05 bits per heavy atom. The van der Waals surface area contributed by atoms with Crippen molar-refractivity contribution in [3.05, 3.63) is 40.6 Å². The minimum absolute atomic E-state index is 0.128. The zero-order valence-corrected chi connectivity index (χ0v) is 10.8. The predicted octanol–water partition coefficient (Wildman–Crippen LogP) is 0.386. The van der Waals surface area contributed by atoms with E-state index in [0.29, 0.717) is 18.1 Å². The van der Waals surface area contributed by atoms with E-state index in [0.717, 1.165) is 17.3 Å². The number of hydrogen-bond donors (Lipinski definition) is 2. The minimum atomic E-state index is -0.945. The van der Waals surface area contributed by atoms with Gasteiger partial charge in [0.05, 0.1) is 5.75 Å². The van der Waals surface area contributed by atoms with Gasteiger partial charge in [-0.25, -0.2) is 9.89 Å². The molecule has 0 aromatic carbocycles. The topological polar surface area (TPSA) is 101 Å². The van der Waals surface area contributed by atoms with E-state index in [9.17, 15) is 9.59 Å². The number of hydrogen-bond acceptors (Lipinski definition) is 5. The normalized spacial score (nSPS) is 10.5. The average Bonchev–Trinajstić information content (AvgIpc) is 2.76. The van der Waals surface area contributed by atoms with Crippen LogP contribution in [0.15, 0.2) is 34.5 Å². The van der Waals surface area contributed by atoms with Crippen molar-refractivity contribution in [2.45, 2.75) is 18.1 Å². The summed E-state index contributed by atoms with van der Waals surface area (Å²) >= 11 is 1.02. The number of aryl methyl sites for hydroxylation is 1. The zero-order valence-electron chi connectivity index (χ0n) is 9.94. The summed E-state index contributed by atoms with van der Waals surface area (Å²) in [5.41, 5.74) is 0.668. The van der Waals surface area contributed by atoms with E-state index < -0.39 is 5.97 Å². The summed E-state index contributed by atoms with van der Waals surface area (Å²) in [6.07, 6.45) is 4.05. The molecule has 0 aliphatic heterocycles. The van der Waals surface area contributed by atoms with Crippen molar-refractivity contribution in [3.63, 3.8) is 0 Å².